The molecule has 3 aliphatic rings. The van der Waals surface area contributed by atoms with Crippen LogP contribution in [0.1, 0.15) is 24.0 Å². The van der Waals surface area contributed by atoms with Crippen molar-refractivity contribution in [1.29, 1.82) is 0 Å². The van der Waals surface area contributed by atoms with Gasteiger partial charge in [0.25, 0.3) is 0 Å². The number of carbonyl (C=O) groups excluding carboxylic acids is 2. The summed E-state index contributed by atoms with van der Waals surface area (Å²) in [7, 11) is -3.42. The number of morpholine rings is 1. The predicted octanol–water partition coefficient (Wildman–Crippen LogP) is 1.36. The number of fused-ring (bicyclic) bond motifs is 2. The Morgan fingerprint density at radius 3 is 2.38 bits per heavy atom. The summed E-state index contributed by atoms with van der Waals surface area (Å²) in [6.07, 6.45) is 2.52. The van der Waals surface area contributed by atoms with E-state index in [9.17, 15) is 18.0 Å². The Hall–Kier alpha value is -2.99. The lowest BCUT2D eigenvalue weighted by molar-refractivity contribution is -0.140. The van der Waals surface area contributed by atoms with Gasteiger partial charge in [0.2, 0.25) is 21.8 Å². The molecule has 2 aromatic rings. The fraction of sp³-hybridized carbons (Fsp3) is 0.517. The second-order valence-corrected chi connectivity index (χ2v) is 12.8. The van der Waals surface area contributed by atoms with Crippen LogP contribution < -0.4 is 9.62 Å². The molecule has 0 saturated carbocycles. The fourth-order valence-corrected chi connectivity index (χ4v) is 6.93. The van der Waals surface area contributed by atoms with Crippen LogP contribution in [0.3, 0.4) is 0 Å². The van der Waals surface area contributed by atoms with Crippen LogP contribution in [0.25, 0.3) is 0 Å². The van der Waals surface area contributed by atoms with Gasteiger partial charge in [0, 0.05) is 38.1 Å². The van der Waals surface area contributed by atoms with Crippen molar-refractivity contribution in [3.05, 3.63) is 65.7 Å². The number of anilines is 1. The summed E-state index contributed by atoms with van der Waals surface area (Å²) < 4.78 is 37.8. The van der Waals surface area contributed by atoms with E-state index in [1.165, 1.54) is 10.6 Å². The van der Waals surface area contributed by atoms with Crippen LogP contribution in [0.15, 0.2) is 54.6 Å². The molecule has 2 amide bonds. The molecule has 2 saturated heterocycles. The van der Waals surface area contributed by atoms with Gasteiger partial charge < -0.3 is 19.7 Å². The summed E-state index contributed by atoms with van der Waals surface area (Å²) in [6.45, 7) is 4.46. The first kappa shape index (κ1) is 28.5. The second-order valence-electron chi connectivity index (χ2n) is 10.9. The maximum atomic E-state index is 13.7. The highest BCUT2D eigenvalue weighted by Gasteiger charge is 2.47. The van der Waals surface area contributed by atoms with E-state index in [-0.39, 0.29) is 30.4 Å². The summed E-state index contributed by atoms with van der Waals surface area (Å²) in [5, 5.41) is 2.93. The quantitative estimate of drug-likeness (QED) is 0.485. The third-order valence-electron chi connectivity index (χ3n) is 8.12. The Labute approximate surface area is 236 Å². The van der Waals surface area contributed by atoms with Gasteiger partial charge in [0.15, 0.2) is 0 Å². The molecule has 0 unspecified atom stereocenters. The zero-order chi connectivity index (χ0) is 28.2. The van der Waals surface area contributed by atoms with Gasteiger partial charge in [-0.3, -0.25) is 18.8 Å². The van der Waals surface area contributed by atoms with E-state index in [4.69, 9.17) is 9.47 Å². The zero-order valence-corrected chi connectivity index (χ0v) is 23.8. The molecule has 2 aromatic carbocycles. The molecule has 1 atom stereocenters. The second kappa shape index (κ2) is 12.3. The molecule has 3 heterocycles. The van der Waals surface area contributed by atoms with E-state index in [0.29, 0.717) is 65.4 Å². The zero-order valence-electron chi connectivity index (χ0n) is 23.0. The summed E-state index contributed by atoms with van der Waals surface area (Å²) >= 11 is 0. The van der Waals surface area contributed by atoms with Crippen molar-refractivity contribution < 1.29 is 27.5 Å². The fourth-order valence-electron chi connectivity index (χ4n) is 5.93. The average Bonchev–Trinajstić information content (AvgIpc) is 3.28. The van der Waals surface area contributed by atoms with Crippen LogP contribution in [0.5, 0.6) is 0 Å². The lowest BCUT2D eigenvalue weighted by Gasteiger charge is -2.41. The van der Waals surface area contributed by atoms with Crippen LogP contribution in [-0.4, -0.2) is 101 Å². The third kappa shape index (κ3) is 6.49. The summed E-state index contributed by atoms with van der Waals surface area (Å²) in [6, 6.07) is 16.5. The minimum Gasteiger partial charge on any atom is -0.379 e. The number of hydrogen-bond acceptors (Lipinski definition) is 7. The number of likely N-dealkylation sites (tertiary alicyclic amines) is 1. The lowest BCUT2D eigenvalue weighted by Crippen LogP contribution is -2.56. The van der Waals surface area contributed by atoms with Crippen molar-refractivity contribution >= 4 is 27.5 Å². The molecule has 2 fully saturated rings. The molecule has 0 bridgehead atoms. The van der Waals surface area contributed by atoms with Crippen molar-refractivity contribution in [2.24, 2.45) is 0 Å². The molecule has 1 N–H and O–H groups in total. The molecule has 5 rings (SSSR count). The topological polar surface area (TPSA) is 108 Å². The SMILES string of the molecule is CS(=O)(=O)N1CC2(CCN(C(=O)[C@@H](COCc3ccccc3)NC(=O)CN3CCOCC3)CC2)c2ccccc21. The highest BCUT2D eigenvalue weighted by molar-refractivity contribution is 7.92. The molecule has 10 nitrogen and oxygen atoms in total. The van der Waals surface area contributed by atoms with Gasteiger partial charge in [-0.2, -0.15) is 0 Å². The number of amides is 2. The molecular weight excluding hydrogens is 532 g/mol. The highest BCUT2D eigenvalue weighted by Crippen LogP contribution is 2.47. The molecule has 216 valence electrons. The Kier molecular flexibility index (Phi) is 8.74. The highest BCUT2D eigenvalue weighted by atomic mass is 32.2. The summed E-state index contributed by atoms with van der Waals surface area (Å²) in [5.41, 5.74) is 2.40. The molecule has 0 aromatic heterocycles. The van der Waals surface area contributed by atoms with E-state index in [1.54, 1.807) is 4.90 Å². The minimum absolute atomic E-state index is 0.0644. The normalized spacial score (nSPS) is 19.8. The summed E-state index contributed by atoms with van der Waals surface area (Å²) in [4.78, 5) is 30.5. The maximum Gasteiger partial charge on any atom is 0.247 e. The molecule has 11 heteroatoms. The Morgan fingerprint density at radius 2 is 1.68 bits per heavy atom. The molecule has 40 heavy (non-hydrogen) atoms. The number of carbonyl (C=O) groups is 2. The van der Waals surface area contributed by atoms with Crippen molar-refractivity contribution in [3.63, 3.8) is 0 Å². The van der Waals surface area contributed by atoms with Gasteiger partial charge in [-0.05, 0) is 30.0 Å². The van der Waals surface area contributed by atoms with Gasteiger partial charge in [-0.25, -0.2) is 8.42 Å². The predicted molar refractivity (Wildman–Crippen MR) is 151 cm³/mol. The molecule has 1 spiro atoms. The summed E-state index contributed by atoms with van der Waals surface area (Å²) in [5.74, 6) is -0.393. The number of nitrogens with one attached hydrogen (secondary N) is 1. The number of para-hydroxylation sites is 1. The van der Waals surface area contributed by atoms with Crippen LogP contribution in [0, 0.1) is 0 Å². The monoisotopic (exact) mass is 570 g/mol. The molecule has 3 aliphatic heterocycles. The minimum atomic E-state index is -3.42. The van der Waals surface area contributed by atoms with Crippen LogP contribution in [0.2, 0.25) is 0 Å². The van der Waals surface area contributed by atoms with Crippen LogP contribution in [-0.2, 0) is 41.1 Å². The van der Waals surface area contributed by atoms with Crippen molar-refractivity contribution in [2.75, 3.05) is 69.7 Å². The number of hydrogen-bond donors (Lipinski definition) is 1. The first-order valence-electron chi connectivity index (χ1n) is 13.8. The maximum absolute atomic E-state index is 13.7. The molecule has 0 aliphatic carbocycles. The third-order valence-corrected chi connectivity index (χ3v) is 9.25. The number of sulfonamides is 1. The largest absolute Gasteiger partial charge is 0.379 e. The first-order valence-corrected chi connectivity index (χ1v) is 15.7. The van der Waals surface area contributed by atoms with Crippen molar-refractivity contribution in [3.8, 4) is 0 Å². The van der Waals surface area contributed by atoms with Crippen LogP contribution in [0.4, 0.5) is 5.69 Å². The number of rotatable bonds is 9. The first-order chi connectivity index (χ1) is 19.2. The van der Waals surface area contributed by atoms with E-state index < -0.39 is 16.1 Å². The lowest BCUT2D eigenvalue weighted by atomic mass is 9.74. The number of nitrogens with zero attached hydrogens (tertiary/aromatic N) is 3. The van der Waals surface area contributed by atoms with Crippen LogP contribution >= 0.6 is 0 Å². The van der Waals surface area contributed by atoms with E-state index in [0.717, 1.165) is 16.8 Å². The van der Waals surface area contributed by atoms with Gasteiger partial charge in [0.05, 0.1) is 44.9 Å². The van der Waals surface area contributed by atoms with Gasteiger partial charge in [0.1, 0.15) is 6.04 Å². The average molecular weight is 571 g/mol. The van der Waals surface area contributed by atoms with Crippen molar-refractivity contribution in [1.82, 2.24) is 15.1 Å². The standard InChI is InChI=1S/C29H38N4O6S/c1-40(36,37)33-22-29(24-9-5-6-10-26(24)33)11-13-32(14-12-29)28(35)25(21-39-20-23-7-3-2-4-8-23)30-27(34)19-31-15-17-38-18-16-31/h2-10,25H,11-22H2,1H3,(H,30,34)/t25-/m1/s1. The Bertz CT molecular complexity index is 1290. The van der Waals surface area contributed by atoms with Gasteiger partial charge in [-0.15, -0.1) is 0 Å². The van der Waals surface area contributed by atoms with Gasteiger partial charge >= 0.3 is 0 Å². The molecule has 0 radical (unpaired) electrons. The Morgan fingerprint density at radius 1 is 1.00 bits per heavy atom. The number of piperidine rings is 1. The smallest absolute Gasteiger partial charge is 0.247 e. The van der Waals surface area contributed by atoms with E-state index in [1.807, 2.05) is 59.5 Å². The van der Waals surface area contributed by atoms with Crippen molar-refractivity contribution in [2.45, 2.75) is 30.9 Å². The van der Waals surface area contributed by atoms with Gasteiger partial charge in [-0.1, -0.05) is 48.5 Å². The number of ether oxygens (including phenoxy) is 2. The van der Waals surface area contributed by atoms with E-state index in [2.05, 4.69) is 5.32 Å². The number of benzene rings is 2. The Balaban J connectivity index is 1.25. The van der Waals surface area contributed by atoms with E-state index >= 15 is 0 Å². The molecular formula is C29H38N4O6S.